The fourth-order valence-electron chi connectivity index (χ4n) is 1.55. The van der Waals surface area contributed by atoms with Crippen molar-refractivity contribution in [2.45, 2.75) is 32.4 Å². The number of nitrogens with one attached hydrogen (secondary N) is 1. The highest BCUT2D eigenvalue weighted by Gasteiger charge is 2.30. The first-order valence-corrected chi connectivity index (χ1v) is 6.30. The second kappa shape index (κ2) is 7.14. The molecule has 20 heavy (non-hydrogen) atoms. The molecule has 4 nitrogen and oxygen atoms in total. The van der Waals surface area contributed by atoms with Crippen LogP contribution in [0.5, 0.6) is 0 Å². The van der Waals surface area contributed by atoms with E-state index in [-0.39, 0.29) is 5.69 Å². The van der Waals surface area contributed by atoms with Crippen molar-refractivity contribution in [3.8, 4) is 0 Å². The Morgan fingerprint density at radius 3 is 2.35 bits per heavy atom. The molecule has 0 aliphatic heterocycles. The van der Waals surface area contributed by atoms with E-state index < -0.39 is 17.8 Å². The van der Waals surface area contributed by atoms with Gasteiger partial charge in [0.2, 0.25) is 0 Å². The minimum absolute atomic E-state index is 0.0222. The molecule has 0 heterocycles. The van der Waals surface area contributed by atoms with Gasteiger partial charge in [-0.3, -0.25) is 5.21 Å². The number of benzene rings is 1. The Morgan fingerprint density at radius 1 is 1.25 bits per heavy atom. The molecule has 1 aromatic carbocycles. The van der Waals surface area contributed by atoms with Gasteiger partial charge < -0.3 is 5.32 Å². The molecule has 0 aliphatic rings. The zero-order valence-corrected chi connectivity index (χ0v) is 11.1. The van der Waals surface area contributed by atoms with Gasteiger partial charge in [-0.15, -0.1) is 0 Å². The average Bonchev–Trinajstić information content (AvgIpc) is 2.41. The second-order valence-corrected chi connectivity index (χ2v) is 4.30. The van der Waals surface area contributed by atoms with E-state index in [1.165, 1.54) is 0 Å². The SMILES string of the molecule is CCCCCNC(=O)N(O)c1ccc(C(F)(F)F)cc1. The Morgan fingerprint density at radius 2 is 1.85 bits per heavy atom. The number of nitrogens with zero attached hydrogens (tertiary/aromatic N) is 1. The van der Waals surface area contributed by atoms with E-state index >= 15 is 0 Å². The average molecular weight is 290 g/mol. The van der Waals surface area contributed by atoms with Gasteiger partial charge in [0.25, 0.3) is 0 Å². The molecular weight excluding hydrogens is 273 g/mol. The summed E-state index contributed by atoms with van der Waals surface area (Å²) in [5.41, 5.74) is -0.857. The maximum absolute atomic E-state index is 12.4. The van der Waals surface area contributed by atoms with Gasteiger partial charge in [0.15, 0.2) is 0 Å². The number of hydrogen-bond acceptors (Lipinski definition) is 2. The van der Waals surface area contributed by atoms with Gasteiger partial charge in [-0.2, -0.15) is 18.2 Å². The Bertz CT molecular complexity index is 432. The molecule has 0 saturated carbocycles. The Hall–Kier alpha value is -1.76. The van der Waals surface area contributed by atoms with Gasteiger partial charge in [-0.25, -0.2) is 4.79 Å². The van der Waals surface area contributed by atoms with Crippen LogP contribution in [0.25, 0.3) is 0 Å². The van der Waals surface area contributed by atoms with Crippen molar-refractivity contribution in [1.29, 1.82) is 0 Å². The smallest absolute Gasteiger partial charge is 0.336 e. The van der Waals surface area contributed by atoms with Crippen LogP contribution in [0.2, 0.25) is 0 Å². The van der Waals surface area contributed by atoms with Crippen LogP contribution < -0.4 is 10.4 Å². The van der Waals surface area contributed by atoms with E-state index in [9.17, 15) is 23.2 Å². The number of rotatable bonds is 5. The summed E-state index contributed by atoms with van der Waals surface area (Å²) in [6.45, 7) is 2.42. The third kappa shape index (κ3) is 4.73. The maximum Gasteiger partial charge on any atom is 0.416 e. The summed E-state index contributed by atoms with van der Waals surface area (Å²) in [4.78, 5) is 11.5. The van der Waals surface area contributed by atoms with E-state index in [0.29, 0.717) is 11.6 Å². The van der Waals surface area contributed by atoms with Crippen LogP contribution >= 0.6 is 0 Å². The molecule has 1 aromatic rings. The molecule has 0 bridgehead atoms. The van der Waals surface area contributed by atoms with Crippen molar-refractivity contribution in [3.63, 3.8) is 0 Å². The zero-order chi connectivity index (χ0) is 15.2. The fourth-order valence-corrected chi connectivity index (χ4v) is 1.55. The highest BCUT2D eigenvalue weighted by atomic mass is 19.4. The largest absolute Gasteiger partial charge is 0.416 e. The van der Waals surface area contributed by atoms with Crippen LogP contribution in [0.1, 0.15) is 31.7 Å². The lowest BCUT2D eigenvalue weighted by Crippen LogP contribution is -2.38. The third-order valence-electron chi connectivity index (χ3n) is 2.69. The Labute approximate surface area is 115 Å². The first kappa shape index (κ1) is 16.3. The molecule has 0 unspecified atom stereocenters. The molecule has 0 radical (unpaired) electrons. The van der Waals surface area contributed by atoms with E-state index in [0.717, 1.165) is 43.5 Å². The molecule has 0 fully saturated rings. The number of hydroxylamine groups is 1. The number of anilines is 1. The van der Waals surface area contributed by atoms with Crippen LogP contribution in [-0.4, -0.2) is 17.8 Å². The third-order valence-corrected chi connectivity index (χ3v) is 2.69. The fraction of sp³-hybridized carbons (Fsp3) is 0.462. The topological polar surface area (TPSA) is 52.6 Å². The van der Waals surface area contributed by atoms with Gasteiger partial charge in [-0.1, -0.05) is 19.8 Å². The van der Waals surface area contributed by atoms with Crippen molar-refractivity contribution < 1.29 is 23.2 Å². The zero-order valence-electron chi connectivity index (χ0n) is 11.1. The predicted molar refractivity (Wildman–Crippen MR) is 68.6 cm³/mol. The highest BCUT2D eigenvalue weighted by Crippen LogP contribution is 2.30. The van der Waals surface area contributed by atoms with Gasteiger partial charge >= 0.3 is 12.2 Å². The number of halogens is 3. The number of carbonyl (C=O) groups excluding carboxylic acids is 1. The van der Waals surface area contributed by atoms with Crippen LogP contribution in [0.4, 0.5) is 23.7 Å². The molecule has 0 spiro atoms. The molecule has 2 N–H and O–H groups in total. The van der Waals surface area contributed by atoms with Crippen molar-refractivity contribution in [3.05, 3.63) is 29.8 Å². The molecule has 0 atom stereocenters. The van der Waals surface area contributed by atoms with E-state index in [1.807, 2.05) is 6.92 Å². The molecule has 7 heteroatoms. The predicted octanol–water partition coefficient (Wildman–Crippen LogP) is 3.80. The van der Waals surface area contributed by atoms with Crippen molar-refractivity contribution >= 4 is 11.7 Å². The summed E-state index contributed by atoms with van der Waals surface area (Å²) in [7, 11) is 0. The Kier molecular flexibility index (Phi) is 5.82. The molecule has 2 amide bonds. The lowest BCUT2D eigenvalue weighted by Gasteiger charge is -2.16. The molecule has 0 aliphatic carbocycles. The standard InChI is InChI=1S/C13H17F3N2O2/c1-2-3-4-9-17-12(19)18(20)11-7-5-10(6-8-11)13(14,15)16/h5-8,20H,2-4,9H2,1H3,(H,17,19). The van der Waals surface area contributed by atoms with Crippen LogP contribution in [0.3, 0.4) is 0 Å². The quantitative estimate of drug-likeness (QED) is 0.492. The summed E-state index contributed by atoms with van der Waals surface area (Å²) < 4.78 is 37.1. The highest BCUT2D eigenvalue weighted by molar-refractivity contribution is 5.89. The number of carbonyl (C=O) groups is 1. The number of urea groups is 1. The molecule has 0 aromatic heterocycles. The number of unbranched alkanes of at least 4 members (excludes halogenated alkanes) is 2. The molecular formula is C13H17F3N2O2. The van der Waals surface area contributed by atoms with Crippen molar-refractivity contribution in [1.82, 2.24) is 5.32 Å². The number of amides is 2. The first-order chi connectivity index (χ1) is 9.36. The Balaban J connectivity index is 2.58. The molecule has 0 saturated heterocycles. The van der Waals surface area contributed by atoms with Crippen molar-refractivity contribution in [2.24, 2.45) is 0 Å². The van der Waals surface area contributed by atoms with E-state index in [4.69, 9.17) is 0 Å². The van der Waals surface area contributed by atoms with Crippen molar-refractivity contribution in [2.75, 3.05) is 11.6 Å². The van der Waals surface area contributed by atoms with Gasteiger partial charge in [0.1, 0.15) is 0 Å². The number of alkyl halides is 3. The maximum atomic E-state index is 12.4. The second-order valence-electron chi connectivity index (χ2n) is 4.30. The van der Waals surface area contributed by atoms with Gasteiger partial charge in [-0.05, 0) is 30.7 Å². The summed E-state index contributed by atoms with van der Waals surface area (Å²) in [6, 6.07) is 2.93. The van der Waals surface area contributed by atoms with Gasteiger partial charge in [0, 0.05) is 6.54 Å². The van der Waals surface area contributed by atoms with Crippen LogP contribution in [0.15, 0.2) is 24.3 Å². The summed E-state index contributed by atoms with van der Waals surface area (Å²) in [5.74, 6) is 0. The van der Waals surface area contributed by atoms with Crippen LogP contribution in [0, 0.1) is 0 Å². The molecule has 112 valence electrons. The first-order valence-electron chi connectivity index (χ1n) is 6.30. The minimum atomic E-state index is -4.44. The summed E-state index contributed by atoms with van der Waals surface area (Å²) >= 11 is 0. The number of hydrogen-bond donors (Lipinski definition) is 2. The lowest BCUT2D eigenvalue weighted by atomic mass is 10.2. The summed E-state index contributed by atoms with van der Waals surface area (Å²) in [6.07, 6.45) is -1.71. The normalized spacial score (nSPS) is 11.2. The van der Waals surface area contributed by atoms with E-state index in [2.05, 4.69) is 5.32 Å². The monoisotopic (exact) mass is 290 g/mol. The lowest BCUT2D eigenvalue weighted by molar-refractivity contribution is -0.137. The van der Waals surface area contributed by atoms with Gasteiger partial charge in [0.05, 0.1) is 11.3 Å². The van der Waals surface area contributed by atoms with E-state index in [1.54, 1.807) is 0 Å². The molecule has 1 rings (SSSR count). The van der Waals surface area contributed by atoms with Crippen LogP contribution in [-0.2, 0) is 6.18 Å². The minimum Gasteiger partial charge on any atom is -0.336 e. The summed E-state index contributed by atoms with van der Waals surface area (Å²) in [5, 5.41) is 12.4.